The lowest BCUT2D eigenvalue weighted by Gasteiger charge is -2.40. The Morgan fingerprint density at radius 2 is 0.784 bits per heavy atom. The summed E-state index contributed by atoms with van der Waals surface area (Å²) in [5.41, 5.74) is 13.0. The lowest BCUT2D eigenvalue weighted by atomic mass is 9.98. The van der Waals surface area contributed by atoms with Crippen molar-refractivity contribution in [2.75, 3.05) is 10.2 Å². The lowest BCUT2D eigenvalue weighted by Crippen LogP contribution is -2.54. The molecule has 2 heterocycles. The van der Waals surface area contributed by atoms with E-state index in [0.29, 0.717) is 0 Å². The average molecular weight is 662 g/mol. The second-order valence-corrected chi connectivity index (χ2v) is 13.2. The summed E-state index contributed by atoms with van der Waals surface area (Å²) >= 11 is 0. The maximum Gasteiger partial charge on any atom is 0.130 e. The van der Waals surface area contributed by atoms with Gasteiger partial charge in [-0.15, -0.1) is 0 Å². The van der Waals surface area contributed by atoms with Crippen LogP contribution in [0.2, 0.25) is 0 Å². The van der Waals surface area contributed by atoms with Crippen molar-refractivity contribution < 1.29 is 0 Å². The summed E-state index contributed by atoms with van der Waals surface area (Å²) in [6.07, 6.45) is -0.397. The molecule has 0 aromatic heterocycles. The third kappa shape index (κ3) is 6.31. The molecular formula is C46H39N5. The molecule has 248 valence electrons. The third-order valence-electron chi connectivity index (χ3n) is 9.96. The molecule has 7 aromatic rings. The Labute approximate surface area is 299 Å². The highest BCUT2D eigenvalue weighted by atomic mass is 15.4. The molecule has 0 bridgehead atoms. The Morgan fingerprint density at radius 3 is 1.35 bits per heavy atom. The number of para-hydroxylation sites is 3. The van der Waals surface area contributed by atoms with E-state index in [1.807, 2.05) is 0 Å². The third-order valence-corrected chi connectivity index (χ3v) is 9.96. The predicted octanol–water partition coefficient (Wildman–Crippen LogP) is 10.5. The van der Waals surface area contributed by atoms with Gasteiger partial charge in [0.15, 0.2) is 0 Å². The summed E-state index contributed by atoms with van der Waals surface area (Å²) in [6.45, 7) is 0. The minimum absolute atomic E-state index is 0.0526. The highest BCUT2D eigenvalue weighted by molar-refractivity contribution is 5.83. The smallest absolute Gasteiger partial charge is 0.130 e. The molecule has 3 unspecified atom stereocenters. The van der Waals surface area contributed by atoms with Crippen molar-refractivity contribution in [2.24, 2.45) is 0 Å². The number of benzene rings is 7. The van der Waals surface area contributed by atoms with Gasteiger partial charge in [-0.2, -0.15) is 0 Å². The van der Waals surface area contributed by atoms with Gasteiger partial charge in [0.2, 0.25) is 0 Å². The highest BCUT2D eigenvalue weighted by Gasteiger charge is 2.33. The SMILES string of the molecule is c1ccc(-c2cccc(C3NC(c4cccc(-c5ccccc5)c4)NC(c4cccc(C5Nc6ccccc6N5c5ccccc5)c4)N3)c2)cc1. The molecule has 0 amide bonds. The first-order valence-electron chi connectivity index (χ1n) is 17.7. The van der Waals surface area contributed by atoms with E-state index in [2.05, 4.69) is 214 Å². The van der Waals surface area contributed by atoms with Gasteiger partial charge in [-0.05, 0) is 87.0 Å². The van der Waals surface area contributed by atoms with E-state index in [4.69, 9.17) is 0 Å². The van der Waals surface area contributed by atoms with Crippen LogP contribution in [0, 0.1) is 0 Å². The fraction of sp³-hybridized carbons (Fsp3) is 0.0870. The first-order chi connectivity index (χ1) is 25.3. The van der Waals surface area contributed by atoms with Gasteiger partial charge >= 0.3 is 0 Å². The topological polar surface area (TPSA) is 51.4 Å². The molecule has 7 aromatic carbocycles. The van der Waals surface area contributed by atoms with Crippen molar-refractivity contribution in [3.8, 4) is 22.3 Å². The van der Waals surface area contributed by atoms with Crippen LogP contribution in [-0.2, 0) is 0 Å². The van der Waals surface area contributed by atoms with Gasteiger partial charge in [-0.3, -0.25) is 16.0 Å². The average Bonchev–Trinajstić information content (AvgIpc) is 3.62. The van der Waals surface area contributed by atoms with Crippen LogP contribution in [0.1, 0.15) is 46.9 Å². The van der Waals surface area contributed by atoms with Crippen LogP contribution in [0.15, 0.2) is 188 Å². The summed E-state index contributed by atoms with van der Waals surface area (Å²) in [6, 6.07) is 67.1. The summed E-state index contributed by atoms with van der Waals surface area (Å²) in [4.78, 5) is 2.40. The predicted molar refractivity (Wildman–Crippen MR) is 209 cm³/mol. The van der Waals surface area contributed by atoms with Crippen molar-refractivity contribution in [3.63, 3.8) is 0 Å². The molecule has 2 aliphatic rings. The Balaban J connectivity index is 1.08. The number of nitrogens with one attached hydrogen (secondary N) is 4. The molecular weight excluding hydrogens is 623 g/mol. The van der Waals surface area contributed by atoms with E-state index in [1.54, 1.807) is 0 Å². The second-order valence-electron chi connectivity index (χ2n) is 13.2. The van der Waals surface area contributed by atoms with Gasteiger partial charge in [-0.25, -0.2) is 0 Å². The van der Waals surface area contributed by atoms with Crippen LogP contribution in [0.5, 0.6) is 0 Å². The van der Waals surface area contributed by atoms with Crippen LogP contribution < -0.4 is 26.2 Å². The molecule has 9 rings (SSSR count). The fourth-order valence-electron chi connectivity index (χ4n) is 7.45. The van der Waals surface area contributed by atoms with E-state index >= 15 is 0 Å². The molecule has 5 heteroatoms. The molecule has 0 saturated carbocycles. The highest BCUT2D eigenvalue weighted by Crippen LogP contribution is 2.46. The monoisotopic (exact) mass is 661 g/mol. The van der Waals surface area contributed by atoms with E-state index in [0.717, 1.165) is 11.4 Å². The zero-order chi connectivity index (χ0) is 34.0. The molecule has 2 aliphatic heterocycles. The van der Waals surface area contributed by atoms with E-state index < -0.39 is 0 Å². The quantitative estimate of drug-likeness (QED) is 0.137. The van der Waals surface area contributed by atoms with Crippen molar-refractivity contribution in [3.05, 3.63) is 210 Å². The fourth-order valence-corrected chi connectivity index (χ4v) is 7.45. The Kier molecular flexibility index (Phi) is 8.36. The molecule has 1 saturated heterocycles. The first kappa shape index (κ1) is 31.0. The number of hydrogen-bond acceptors (Lipinski definition) is 5. The van der Waals surface area contributed by atoms with Gasteiger partial charge in [0, 0.05) is 5.69 Å². The summed E-state index contributed by atoms with van der Waals surface area (Å²) in [5, 5.41) is 15.6. The molecule has 4 N–H and O–H groups in total. The van der Waals surface area contributed by atoms with Crippen LogP contribution in [0.4, 0.5) is 17.1 Å². The lowest BCUT2D eigenvalue weighted by molar-refractivity contribution is 0.203. The van der Waals surface area contributed by atoms with Crippen LogP contribution in [0.3, 0.4) is 0 Å². The van der Waals surface area contributed by atoms with E-state index in [9.17, 15) is 0 Å². The standard InChI is InChI=1S/C46H39N5/c1-4-15-32(16-5-1)34-19-12-21-36(29-34)43-48-44(37-22-13-20-35(30-37)33-17-6-2-7-18-33)50-45(49-43)38-23-14-24-39(31-38)46-47-41-27-10-11-28-42(41)51(46)40-25-8-3-9-26-40/h1-31,43-50H. The second kappa shape index (κ2) is 13.7. The summed E-state index contributed by atoms with van der Waals surface area (Å²) in [7, 11) is 0. The maximum absolute atomic E-state index is 3.93. The normalized spacial score (nSPS) is 19.6. The van der Waals surface area contributed by atoms with Gasteiger partial charge in [0.25, 0.3) is 0 Å². The number of anilines is 3. The molecule has 0 spiro atoms. The maximum atomic E-state index is 3.93. The minimum Gasteiger partial charge on any atom is -0.359 e. The zero-order valence-electron chi connectivity index (χ0n) is 28.2. The zero-order valence-corrected chi connectivity index (χ0v) is 28.2. The molecule has 51 heavy (non-hydrogen) atoms. The molecule has 1 fully saturated rings. The number of rotatable bonds is 7. The molecule has 0 radical (unpaired) electrons. The van der Waals surface area contributed by atoms with Crippen molar-refractivity contribution in [1.29, 1.82) is 0 Å². The van der Waals surface area contributed by atoms with E-state index in [-0.39, 0.29) is 24.7 Å². The molecule has 0 aliphatic carbocycles. The van der Waals surface area contributed by atoms with Crippen LogP contribution in [0.25, 0.3) is 22.3 Å². The van der Waals surface area contributed by atoms with E-state index in [1.165, 1.54) is 50.2 Å². The summed E-state index contributed by atoms with van der Waals surface area (Å²) < 4.78 is 0. The Morgan fingerprint density at radius 1 is 0.353 bits per heavy atom. The van der Waals surface area contributed by atoms with Gasteiger partial charge < -0.3 is 10.2 Å². The number of hydrogen-bond donors (Lipinski definition) is 4. The van der Waals surface area contributed by atoms with Crippen molar-refractivity contribution in [2.45, 2.75) is 24.7 Å². The van der Waals surface area contributed by atoms with Crippen molar-refractivity contribution in [1.82, 2.24) is 16.0 Å². The first-order valence-corrected chi connectivity index (χ1v) is 17.7. The van der Waals surface area contributed by atoms with Gasteiger partial charge in [-0.1, -0.05) is 146 Å². The Bertz CT molecular complexity index is 2160. The summed E-state index contributed by atoms with van der Waals surface area (Å²) in [5.74, 6) is 0. The van der Waals surface area contributed by atoms with Gasteiger partial charge in [0.1, 0.15) is 6.17 Å². The van der Waals surface area contributed by atoms with Crippen LogP contribution in [-0.4, -0.2) is 0 Å². The number of fused-ring (bicyclic) bond motifs is 1. The number of nitrogens with zero attached hydrogens (tertiary/aromatic N) is 1. The van der Waals surface area contributed by atoms with Crippen molar-refractivity contribution >= 4 is 17.1 Å². The molecule has 3 atom stereocenters. The van der Waals surface area contributed by atoms with Gasteiger partial charge in [0.05, 0.1) is 29.9 Å². The minimum atomic E-state index is -0.129. The van der Waals surface area contributed by atoms with Crippen LogP contribution >= 0.6 is 0 Å². The largest absolute Gasteiger partial charge is 0.359 e. The molecule has 5 nitrogen and oxygen atoms in total. The Hall–Kier alpha value is -5.98.